The van der Waals surface area contributed by atoms with Gasteiger partial charge in [0.25, 0.3) is 0 Å². The van der Waals surface area contributed by atoms with E-state index in [9.17, 15) is 9.90 Å². The number of carbonyl (C=O) groups excluding carboxylic acids is 2. The molecule has 0 unspecified atom stereocenters. The third-order valence-corrected chi connectivity index (χ3v) is 2.96. The van der Waals surface area contributed by atoms with Crippen molar-refractivity contribution < 1.29 is 19.4 Å². The minimum Gasteiger partial charge on any atom is -0.507 e. The van der Waals surface area contributed by atoms with Crippen LogP contribution < -0.4 is 4.74 Å². The van der Waals surface area contributed by atoms with Crippen LogP contribution in [0.4, 0.5) is 0 Å². The van der Waals surface area contributed by atoms with Crippen molar-refractivity contribution in [3.8, 4) is 11.5 Å². The summed E-state index contributed by atoms with van der Waals surface area (Å²) in [6.45, 7) is 13.5. The Balaban J connectivity index is 0.00000135. The van der Waals surface area contributed by atoms with E-state index in [1.54, 1.807) is 12.1 Å². The molecular formula is C17H25NO4. The van der Waals surface area contributed by atoms with Crippen LogP contribution in [-0.2, 0) is 20.4 Å². The van der Waals surface area contributed by atoms with Gasteiger partial charge in [-0.1, -0.05) is 41.5 Å². The van der Waals surface area contributed by atoms with Crippen LogP contribution in [0.25, 0.3) is 0 Å². The van der Waals surface area contributed by atoms with E-state index in [2.05, 4.69) is 0 Å². The van der Waals surface area contributed by atoms with Crippen molar-refractivity contribution in [3.05, 3.63) is 23.3 Å². The maximum Gasteiger partial charge on any atom is 0.308 e. The summed E-state index contributed by atoms with van der Waals surface area (Å²) >= 11 is 0. The van der Waals surface area contributed by atoms with E-state index in [1.165, 1.54) is 6.92 Å². The molecule has 2 N–H and O–H groups in total. The molecule has 0 aliphatic rings. The van der Waals surface area contributed by atoms with Crippen LogP contribution in [0, 0.1) is 5.41 Å². The highest BCUT2D eigenvalue weighted by Crippen LogP contribution is 2.41. The van der Waals surface area contributed by atoms with Crippen LogP contribution >= 0.6 is 0 Å². The highest BCUT2D eigenvalue weighted by molar-refractivity contribution is 5.70. The van der Waals surface area contributed by atoms with Crippen LogP contribution in [0.2, 0.25) is 0 Å². The molecule has 0 aliphatic carbocycles. The summed E-state index contributed by atoms with van der Waals surface area (Å²) in [4.78, 5) is 19.5. The summed E-state index contributed by atoms with van der Waals surface area (Å²) < 4.78 is 5.19. The lowest BCUT2D eigenvalue weighted by Gasteiger charge is -2.27. The zero-order valence-electron chi connectivity index (χ0n) is 14.3. The summed E-state index contributed by atoms with van der Waals surface area (Å²) in [6.07, 6.45) is 0.750. The number of benzene rings is 1. The third kappa shape index (κ3) is 5.70. The lowest BCUT2D eigenvalue weighted by atomic mass is 9.79. The first-order chi connectivity index (χ1) is 9.84. The Hall–Kier alpha value is -2.13. The number of hydrogen-bond donors (Lipinski definition) is 2. The second kappa shape index (κ2) is 7.23. The number of phenolic OH excluding ortho intramolecular Hbond substituents is 1. The standard InChI is InChI=1S/C16H24O3.CHNO/c1-10(17)19-11-8-12(15(2,3)4)14(18)13(9-11)16(5,6)7;2-1-3/h8-9,18H,1-7H3;2H. The van der Waals surface area contributed by atoms with E-state index >= 15 is 0 Å². The van der Waals surface area contributed by atoms with Crippen LogP contribution in [0.3, 0.4) is 0 Å². The molecule has 0 aliphatic heterocycles. The first-order valence-electron chi connectivity index (χ1n) is 6.94. The molecule has 0 bridgehead atoms. The molecule has 122 valence electrons. The van der Waals surface area contributed by atoms with Crippen molar-refractivity contribution in [2.75, 3.05) is 0 Å². The Bertz CT molecular complexity index is 536. The van der Waals surface area contributed by atoms with Gasteiger partial charge in [-0.3, -0.25) is 4.79 Å². The lowest BCUT2D eigenvalue weighted by Crippen LogP contribution is -2.18. The summed E-state index contributed by atoms with van der Waals surface area (Å²) in [5, 5.41) is 15.9. The summed E-state index contributed by atoms with van der Waals surface area (Å²) in [5.41, 5.74) is 1.13. The Labute approximate surface area is 131 Å². The van der Waals surface area contributed by atoms with Gasteiger partial charge in [0.05, 0.1) is 0 Å². The molecule has 22 heavy (non-hydrogen) atoms. The van der Waals surface area contributed by atoms with E-state index in [1.807, 2.05) is 41.5 Å². The van der Waals surface area contributed by atoms with E-state index in [0.717, 1.165) is 17.2 Å². The van der Waals surface area contributed by atoms with Crippen LogP contribution in [0.15, 0.2) is 12.1 Å². The van der Waals surface area contributed by atoms with Crippen molar-refractivity contribution in [3.63, 3.8) is 0 Å². The number of phenols is 1. The molecule has 0 amide bonds. The van der Waals surface area contributed by atoms with Crippen LogP contribution in [0.5, 0.6) is 11.5 Å². The summed E-state index contributed by atoms with van der Waals surface area (Å²) in [6, 6.07) is 3.48. The van der Waals surface area contributed by atoms with Gasteiger partial charge < -0.3 is 9.84 Å². The molecule has 0 spiro atoms. The van der Waals surface area contributed by atoms with Gasteiger partial charge in [0, 0.05) is 18.1 Å². The van der Waals surface area contributed by atoms with Crippen molar-refractivity contribution >= 4 is 12.0 Å². The molecule has 0 saturated carbocycles. The fourth-order valence-corrected chi connectivity index (χ4v) is 1.98. The third-order valence-electron chi connectivity index (χ3n) is 2.96. The van der Waals surface area contributed by atoms with E-state index in [4.69, 9.17) is 14.9 Å². The lowest BCUT2D eigenvalue weighted by molar-refractivity contribution is -0.131. The molecule has 5 nitrogen and oxygen atoms in total. The smallest absolute Gasteiger partial charge is 0.308 e. The zero-order chi connectivity index (χ0) is 17.7. The quantitative estimate of drug-likeness (QED) is 0.357. The first kappa shape index (κ1) is 19.9. The second-order valence-electron chi connectivity index (χ2n) is 7.06. The number of hydrogen-bond acceptors (Lipinski definition) is 5. The number of ether oxygens (including phenoxy) is 1. The molecule has 1 rings (SSSR count). The zero-order valence-corrected chi connectivity index (χ0v) is 14.3. The monoisotopic (exact) mass is 307 g/mol. The Morgan fingerprint density at radius 1 is 1.09 bits per heavy atom. The maximum absolute atomic E-state index is 11.1. The minimum atomic E-state index is -0.356. The SMILES string of the molecule is CC(=O)Oc1cc(C(C)(C)C)c(O)c(C(C)(C)C)c1.N=C=O. The predicted molar refractivity (Wildman–Crippen MR) is 85.2 cm³/mol. The van der Waals surface area contributed by atoms with Gasteiger partial charge in [0.15, 0.2) is 0 Å². The normalized spacial score (nSPS) is 11.0. The Kier molecular flexibility index (Phi) is 6.53. The van der Waals surface area contributed by atoms with Crippen LogP contribution in [0.1, 0.15) is 59.6 Å². The topological polar surface area (TPSA) is 87.4 Å². The molecule has 5 heteroatoms. The number of rotatable bonds is 1. The van der Waals surface area contributed by atoms with Gasteiger partial charge in [-0.15, -0.1) is 0 Å². The number of esters is 1. The first-order valence-corrected chi connectivity index (χ1v) is 6.94. The van der Waals surface area contributed by atoms with Gasteiger partial charge in [-0.2, -0.15) is 0 Å². The van der Waals surface area contributed by atoms with E-state index in [0.29, 0.717) is 5.75 Å². The second-order valence-corrected chi connectivity index (χ2v) is 7.06. The Morgan fingerprint density at radius 2 is 1.41 bits per heavy atom. The average Bonchev–Trinajstić information content (AvgIpc) is 2.28. The van der Waals surface area contributed by atoms with Crippen molar-refractivity contribution in [1.82, 2.24) is 0 Å². The predicted octanol–water partition coefficient (Wildman–Crippen LogP) is 3.81. The van der Waals surface area contributed by atoms with Gasteiger partial charge >= 0.3 is 5.97 Å². The van der Waals surface area contributed by atoms with Crippen molar-refractivity contribution in [1.29, 1.82) is 5.41 Å². The summed E-state index contributed by atoms with van der Waals surface area (Å²) in [5.74, 6) is 0.418. The largest absolute Gasteiger partial charge is 0.507 e. The molecule has 0 heterocycles. The number of isocyanates is 1. The number of aromatic hydroxyl groups is 1. The van der Waals surface area contributed by atoms with Crippen LogP contribution in [-0.4, -0.2) is 17.2 Å². The van der Waals surface area contributed by atoms with E-state index < -0.39 is 0 Å². The number of carbonyl (C=O) groups is 1. The molecule has 1 aromatic rings. The average molecular weight is 307 g/mol. The highest BCUT2D eigenvalue weighted by atomic mass is 16.5. The molecule has 0 saturated heterocycles. The van der Waals surface area contributed by atoms with Gasteiger partial charge in [0.2, 0.25) is 6.08 Å². The van der Waals surface area contributed by atoms with Gasteiger partial charge in [-0.05, 0) is 23.0 Å². The maximum atomic E-state index is 11.1. The minimum absolute atomic E-state index is 0.222. The van der Waals surface area contributed by atoms with E-state index in [-0.39, 0.29) is 22.5 Å². The molecular weight excluding hydrogens is 282 g/mol. The molecule has 0 aromatic heterocycles. The van der Waals surface area contributed by atoms with Crippen molar-refractivity contribution in [2.45, 2.75) is 59.3 Å². The van der Waals surface area contributed by atoms with Gasteiger partial charge in [0.1, 0.15) is 11.5 Å². The molecule has 0 atom stereocenters. The number of nitrogens with one attached hydrogen (secondary N) is 1. The fourth-order valence-electron chi connectivity index (χ4n) is 1.98. The van der Waals surface area contributed by atoms with Crippen molar-refractivity contribution in [2.24, 2.45) is 0 Å². The summed E-state index contributed by atoms with van der Waals surface area (Å²) in [7, 11) is 0. The van der Waals surface area contributed by atoms with Gasteiger partial charge in [-0.25, -0.2) is 10.2 Å². The Morgan fingerprint density at radius 3 is 1.64 bits per heavy atom. The molecule has 0 radical (unpaired) electrons. The fraction of sp³-hybridized carbons (Fsp3) is 0.529. The highest BCUT2D eigenvalue weighted by Gasteiger charge is 2.27. The molecule has 0 fully saturated rings. The molecule has 1 aromatic carbocycles.